The van der Waals surface area contributed by atoms with Gasteiger partial charge < -0.3 is 5.32 Å². The van der Waals surface area contributed by atoms with E-state index in [9.17, 15) is 4.79 Å². The molecule has 0 spiro atoms. The van der Waals surface area contributed by atoms with Crippen molar-refractivity contribution in [1.29, 1.82) is 0 Å². The number of piperidine rings is 1. The maximum atomic E-state index is 12.3. The van der Waals surface area contributed by atoms with E-state index in [0.717, 1.165) is 19.6 Å². The minimum atomic E-state index is 0.0127. The third-order valence-corrected chi connectivity index (χ3v) is 3.57. The van der Waals surface area contributed by atoms with Gasteiger partial charge in [0.2, 0.25) is 0 Å². The van der Waals surface area contributed by atoms with Gasteiger partial charge in [0.1, 0.15) is 5.39 Å². The molecule has 1 saturated heterocycles. The van der Waals surface area contributed by atoms with E-state index in [1.807, 2.05) is 0 Å². The number of fused-ring (bicyclic) bond motifs is 1. The second-order valence-electron chi connectivity index (χ2n) is 4.92. The normalized spacial score (nSPS) is 20.4. The lowest BCUT2D eigenvalue weighted by atomic mass is 10.00. The topological polar surface area (TPSA) is 64.7 Å². The van der Waals surface area contributed by atoms with Crippen molar-refractivity contribution in [3.8, 4) is 0 Å². The van der Waals surface area contributed by atoms with Crippen LogP contribution in [-0.2, 0) is 13.6 Å². The molecule has 2 aromatic rings. The molecule has 18 heavy (non-hydrogen) atoms. The predicted molar refractivity (Wildman–Crippen MR) is 68.4 cm³/mol. The van der Waals surface area contributed by atoms with Gasteiger partial charge in [0.25, 0.3) is 5.56 Å². The van der Waals surface area contributed by atoms with E-state index in [-0.39, 0.29) is 5.56 Å². The summed E-state index contributed by atoms with van der Waals surface area (Å²) in [6, 6.07) is 0. The van der Waals surface area contributed by atoms with E-state index >= 15 is 0 Å². The highest BCUT2D eigenvalue weighted by molar-refractivity contribution is 5.72. The lowest BCUT2D eigenvalue weighted by Gasteiger charge is -2.23. The standard InChI is InChI=1S/C12H17N5O/c1-16-11-10(6-15-16)12(18)17(8-14-11)7-9-3-2-4-13-5-9/h6,8-9,13H,2-5,7H2,1H3. The number of rotatable bonds is 2. The number of aromatic nitrogens is 4. The zero-order valence-corrected chi connectivity index (χ0v) is 10.5. The summed E-state index contributed by atoms with van der Waals surface area (Å²) < 4.78 is 3.34. The Morgan fingerprint density at radius 2 is 2.44 bits per heavy atom. The molecule has 6 heteroatoms. The highest BCUT2D eigenvalue weighted by Crippen LogP contribution is 2.12. The van der Waals surface area contributed by atoms with Crippen LogP contribution in [0.15, 0.2) is 17.3 Å². The van der Waals surface area contributed by atoms with E-state index in [2.05, 4.69) is 15.4 Å². The lowest BCUT2D eigenvalue weighted by molar-refractivity contribution is 0.333. The molecule has 0 bridgehead atoms. The number of hydrogen-bond acceptors (Lipinski definition) is 4. The van der Waals surface area contributed by atoms with Gasteiger partial charge in [-0.05, 0) is 31.8 Å². The average molecular weight is 247 g/mol. The molecule has 0 amide bonds. The zero-order chi connectivity index (χ0) is 12.5. The van der Waals surface area contributed by atoms with Crippen molar-refractivity contribution in [2.75, 3.05) is 13.1 Å². The number of nitrogens with one attached hydrogen (secondary N) is 1. The summed E-state index contributed by atoms with van der Waals surface area (Å²) in [5, 5.41) is 8.04. The van der Waals surface area contributed by atoms with E-state index in [0.29, 0.717) is 17.0 Å². The third kappa shape index (κ3) is 1.92. The minimum Gasteiger partial charge on any atom is -0.316 e. The predicted octanol–water partition coefficient (Wildman–Crippen LogP) is 0.130. The molecule has 6 nitrogen and oxygen atoms in total. The molecular weight excluding hydrogens is 230 g/mol. The van der Waals surface area contributed by atoms with Crippen molar-refractivity contribution in [2.45, 2.75) is 19.4 Å². The van der Waals surface area contributed by atoms with Crippen LogP contribution >= 0.6 is 0 Å². The maximum Gasteiger partial charge on any atom is 0.264 e. The first-order chi connectivity index (χ1) is 8.75. The van der Waals surface area contributed by atoms with Crippen LogP contribution in [0.1, 0.15) is 12.8 Å². The quantitative estimate of drug-likeness (QED) is 0.819. The van der Waals surface area contributed by atoms with Crippen molar-refractivity contribution in [3.63, 3.8) is 0 Å². The first kappa shape index (κ1) is 11.4. The van der Waals surface area contributed by atoms with E-state index in [4.69, 9.17) is 0 Å². The summed E-state index contributed by atoms with van der Waals surface area (Å²) in [5.41, 5.74) is 0.664. The van der Waals surface area contributed by atoms with Gasteiger partial charge in [0, 0.05) is 13.6 Å². The largest absolute Gasteiger partial charge is 0.316 e. The first-order valence-corrected chi connectivity index (χ1v) is 6.33. The van der Waals surface area contributed by atoms with E-state index < -0.39 is 0 Å². The molecule has 0 aliphatic carbocycles. The Hall–Kier alpha value is -1.69. The fraction of sp³-hybridized carbons (Fsp3) is 0.583. The summed E-state index contributed by atoms with van der Waals surface area (Å²) in [5.74, 6) is 0.521. The zero-order valence-electron chi connectivity index (χ0n) is 10.5. The van der Waals surface area contributed by atoms with Gasteiger partial charge in [0.05, 0.1) is 12.5 Å². The monoisotopic (exact) mass is 247 g/mol. The number of nitrogens with zero attached hydrogens (tertiary/aromatic N) is 4. The third-order valence-electron chi connectivity index (χ3n) is 3.57. The molecule has 1 aliphatic heterocycles. The number of aryl methyl sites for hydroxylation is 1. The molecule has 1 N–H and O–H groups in total. The van der Waals surface area contributed by atoms with Crippen molar-refractivity contribution in [2.24, 2.45) is 13.0 Å². The van der Waals surface area contributed by atoms with Gasteiger partial charge in [-0.2, -0.15) is 5.10 Å². The van der Waals surface area contributed by atoms with Crippen LogP contribution in [0.4, 0.5) is 0 Å². The Balaban J connectivity index is 1.92. The lowest BCUT2D eigenvalue weighted by Crippen LogP contribution is -2.34. The Kier molecular flexibility index (Phi) is 2.87. The van der Waals surface area contributed by atoms with Gasteiger partial charge in [-0.1, -0.05) is 0 Å². The number of hydrogen-bond donors (Lipinski definition) is 1. The van der Waals surface area contributed by atoms with Gasteiger partial charge in [-0.3, -0.25) is 14.0 Å². The minimum absolute atomic E-state index is 0.0127. The van der Waals surface area contributed by atoms with Crippen LogP contribution in [0.5, 0.6) is 0 Å². The summed E-state index contributed by atoms with van der Waals surface area (Å²) >= 11 is 0. The Bertz CT molecular complexity index is 608. The highest BCUT2D eigenvalue weighted by atomic mass is 16.1. The second kappa shape index (κ2) is 4.53. The first-order valence-electron chi connectivity index (χ1n) is 6.33. The van der Waals surface area contributed by atoms with Gasteiger partial charge in [0.15, 0.2) is 5.65 Å². The van der Waals surface area contributed by atoms with E-state index in [1.165, 1.54) is 12.8 Å². The Morgan fingerprint density at radius 1 is 1.56 bits per heavy atom. The van der Waals surface area contributed by atoms with Crippen molar-refractivity contribution in [3.05, 3.63) is 22.9 Å². The second-order valence-corrected chi connectivity index (χ2v) is 4.92. The van der Waals surface area contributed by atoms with Crippen LogP contribution < -0.4 is 10.9 Å². The summed E-state index contributed by atoms with van der Waals surface area (Å²) in [6.45, 7) is 2.81. The molecular formula is C12H17N5O. The molecule has 96 valence electrons. The molecule has 1 aliphatic rings. The van der Waals surface area contributed by atoms with Crippen LogP contribution in [0.3, 0.4) is 0 Å². The SMILES string of the molecule is Cn1ncc2c(=O)n(CC3CCCNC3)cnc21. The van der Waals surface area contributed by atoms with Crippen molar-refractivity contribution >= 4 is 11.0 Å². The highest BCUT2D eigenvalue weighted by Gasteiger charge is 2.15. The fourth-order valence-electron chi connectivity index (χ4n) is 2.55. The van der Waals surface area contributed by atoms with Crippen LogP contribution in [0.25, 0.3) is 11.0 Å². The molecule has 1 atom stereocenters. The Morgan fingerprint density at radius 3 is 3.22 bits per heavy atom. The van der Waals surface area contributed by atoms with Crippen LogP contribution in [-0.4, -0.2) is 32.4 Å². The smallest absolute Gasteiger partial charge is 0.264 e. The van der Waals surface area contributed by atoms with Crippen LogP contribution in [0, 0.1) is 5.92 Å². The maximum absolute atomic E-state index is 12.3. The van der Waals surface area contributed by atoms with Gasteiger partial charge in [-0.25, -0.2) is 4.98 Å². The van der Waals surface area contributed by atoms with E-state index in [1.54, 1.807) is 28.8 Å². The molecule has 2 aromatic heterocycles. The molecule has 3 rings (SSSR count). The molecule has 3 heterocycles. The Labute approximate surface area is 105 Å². The van der Waals surface area contributed by atoms with Crippen LogP contribution in [0.2, 0.25) is 0 Å². The van der Waals surface area contributed by atoms with Gasteiger partial charge >= 0.3 is 0 Å². The van der Waals surface area contributed by atoms with Crippen molar-refractivity contribution in [1.82, 2.24) is 24.6 Å². The fourth-order valence-corrected chi connectivity index (χ4v) is 2.55. The molecule has 0 radical (unpaired) electrons. The summed E-state index contributed by atoms with van der Waals surface area (Å²) in [7, 11) is 1.80. The van der Waals surface area contributed by atoms with Gasteiger partial charge in [-0.15, -0.1) is 0 Å². The summed E-state index contributed by atoms with van der Waals surface area (Å²) in [6.07, 6.45) is 5.59. The average Bonchev–Trinajstić information content (AvgIpc) is 2.77. The molecule has 1 fully saturated rings. The molecule has 0 aromatic carbocycles. The molecule has 1 unspecified atom stereocenters. The summed E-state index contributed by atoms with van der Waals surface area (Å²) in [4.78, 5) is 16.6. The van der Waals surface area contributed by atoms with Crippen molar-refractivity contribution < 1.29 is 0 Å². The molecule has 0 saturated carbocycles.